The number of piperazine rings is 1. The van der Waals surface area contributed by atoms with Crippen LogP contribution in [-0.2, 0) is 20.8 Å². The molecule has 1 atom stereocenters. The number of benzene rings is 1. The van der Waals surface area contributed by atoms with E-state index in [1.807, 2.05) is 39.0 Å². The number of rotatable bonds is 9. The molecule has 2 heterocycles. The Bertz CT molecular complexity index is 720. The van der Waals surface area contributed by atoms with Gasteiger partial charge in [0.05, 0.1) is 32.4 Å². The van der Waals surface area contributed by atoms with Gasteiger partial charge in [-0.05, 0) is 32.8 Å². The maximum atomic E-state index is 12.3. The van der Waals surface area contributed by atoms with Gasteiger partial charge in [0.2, 0.25) is 0 Å². The highest BCUT2D eigenvalue weighted by Gasteiger charge is 2.36. The summed E-state index contributed by atoms with van der Waals surface area (Å²) in [4.78, 5) is 21.0. The van der Waals surface area contributed by atoms with Gasteiger partial charge >= 0.3 is 6.09 Å². The molecule has 8 nitrogen and oxygen atoms in total. The molecular weight excluding hydrogens is 396 g/mol. The SMILES string of the molecule is CC(C)(C)OC(=O)N1CCN2C(NCCCOCCOCc3ccccc3)=NCC2C1. The van der Waals surface area contributed by atoms with Crippen molar-refractivity contribution in [2.45, 2.75) is 45.4 Å². The number of nitrogens with zero attached hydrogens (tertiary/aromatic N) is 3. The van der Waals surface area contributed by atoms with Crippen molar-refractivity contribution in [3.8, 4) is 0 Å². The summed E-state index contributed by atoms with van der Waals surface area (Å²) >= 11 is 0. The lowest BCUT2D eigenvalue weighted by Crippen LogP contribution is -2.57. The third kappa shape index (κ3) is 7.70. The van der Waals surface area contributed by atoms with Gasteiger partial charge in [-0.25, -0.2) is 4.79 Å². The van der Waals surface area contributed by atoms with Crippen LogP contribution in [0.3, 0.4) is 0 Å². The number of carbonyl (C=O) groups is 1. The molecule has 0 radical (unpaired) electrons. The van der Waals surface area contributed by atoms with E-state index in [1.54, 1.807) is 4.90 Å². The second-order valence-corrected chi connectivity index (χ2v) is 8.87. The molecule has 1 saturated heterocycles. The predicted octanol–water partition coefficient (Wildman–Crippen LogP) is 2.49. The topological polar surface area (TPSA) is 75.6 Å². The van der Waals surface area contributed by atoms with E-state index in [9.17, 15) is 4.79 Å². The van der Waals surface area contributed by atoms with Gasteiger partial charge in [0, 0.05) is 32.8 Å². The van der Waals surface area contributed by atoms with Crippen molar-refractivity contribution in [1.29, 1.82) is 0 Å². The minimum atomic E-state index is -0.469. The van der Waals surface area contributed by atoms with Crippen molar-refractivity contribution in [2.24, 2.45) is 4.99 Å². The quantitative estimate of drug-likeness (QED) is 0.605. The minimum Gasteiger partial charge on any atom is -0.444 e. The first-order valence-electron chi connectivity index (χ1n) is 11.1. The summed E-state index contributed by atoms with van der Waals surface area (Å²) in [7, 11) is 0. The van der Waals surface area contributed by atoms with Gasteiger partial charge < -0.3 is 29.3 Å². The normalized spacial score (nSPS) is 18.5. The monoisotopic (exact) mass is 432 g/mol. The third-order valence-corrected chi connectivity index (χ3v) is 5.09. The summed E-state index contributed by atoms with van der Waals surface area (Å²) in [6.07, 6.45) is 0.665. The van der Waals surface area contributed by atoms with Crippen LogP contribution < -0.4 is 5.32 Å². The van der Waals surface area contributed by atoms with Crippen LogP contribution in [-0.4, -0.2) is 86.0 Å². The largest absolute Gasteiger partial charge is 0.444 e. The maximum absolute atomic E-state index is 12.3. The molecule has 2 aliphatic rings. The van der Waals surface area contributed by atoms with Crippen molar-refractivity contribution < 1.29 is 19.0 Å². The molecule has 0 bridgehead atoms. The second kappa shape index (κ2) is 11.3. The van der Waals surface area contributed by atoms with Crippen LogP contribution in [0.1, 0.15) is 32.8 Å². The maximum Gasteiger partial charge on any atom is 0.410 e. The highest BCUT2D eigenvalue weighted by atomic mass is 16.6. The first-order valence-corrected chi connectivity index (χ1v) is 11.1. The standard InChI is InChI=1S/C23H36N4O4/c1-23(2,3)31-22(28)26-11-12-27-20(17-26)16-25-21(27)24-10-7-13-29-14-15-30-18-19-8-5-4-6-9-19/h4-6,8-9,20H,7,10-18H2,1-3H3,(H,24,25). The zero-order valence-corrected chi connectivity index (χ0v) is 19.0. The summed E-state index contributed by atoms with van der Waals surface area (Å²) in [5.74, 6) is 0.931. The van der Waals surface area contributed by atoms with Crippen molar-refractivity contribution in [2.75, 3.05) is 52.5 Å². The Morgan fingerprint density at radius 1 is 1.13 bits per heavy atom. The third-order valence-electron chi connectivity index (χ3n) is 5.09. The summed E-state index contributed by atoms with van der Waals surface area (Å²) in [5.41, 5.74) is 0.706. The Labute approximate surface area is 185 Å². The van der Waals surface area contributed by atoms with Crippen molar-refractivity contribution in [1.82, 2.24) is 15.1 Å². The Balaban J connectivity index is 1.23. The number of guanidine groups is 1. The molecule has 1 fully saturated rings. The fraction of sp³-hybridized carbons (Fsp3) is 0.652. The van der Waals surface area contributed by atoms with Gasteiger partial charge in [-0.15, -0.1) is 0 Å². The van der Waals surface area contributed by atoms with E-state index in [0.717, 1.165) is 25.5 Å². The van der Waals surface area contributed by atoms with Crippen molar-refractivity contribution in [3.05, 3.63) is 35.9 Å². The highest BCUT2D eigenvalue weighted by molar-refractivity contribution is 5.82. The molecule has 2 aliphatic heterocycles. The first kappa shape index (κ1) is 23.3. The fourth-order valence-corrected chi connectivity index (χ4v) is 3.58. The number of hydrogen-bond donors (Lipinski definition) is 1. The van der Waals surface area contributed by atoms with E-state index < -0.39 is 5.60 Å². The Hall–Kier alpha value is -2.32. The average molecular weight is 433 g/mol. The van der Waals surface area contributed by atoms with E-state index in [-0.39, 0.29) is 12.1 Å². The molecule has 1 amide bonds. The lowest BCUT2D eigenvalue weighted by molar-refractivity contribution is 0.0137. The molecule has 0 aliphatic carbocycles. The summed E-state index contributed by atoms with van der Waals surface area (Å²) in [6, 6.07) is 10.4. The Morgan fingerprint density at radius 2 is 1.90 bits per heavy atom. The minimum absolute atomic E-state index is 0.224. The molecule has 1 unspecified atom stereocenters. The van der Waals surface area contributed by atoms with Gasteiger partial charge in [0.25, 0.3) is 0 Å². The van der Waals surface area contributed by atoms with Gasteiger partial charge in [-0.2, -0.15) is 0 Å². The van der Waals surface area contributed by atoms with Gasteiger partial charge in [0.15, 0.2) is 5.96 Å². The molecule has 31 heavy (non-hydrogen) atoms. The number of carbonyl (C=O) groups excluding carboxylic acids is 1. The lowest BCUT2D eigenvalue weighted by atomic mass is 10.2. The van der Waals surface area contributed by atoms with E-state index in [4.69, 9.17) is 14.2 Å². The number of fused-ring (bicyclic) bond motifs is 1. The van der Waals surface area contributed by atoms with Gasteiger partial charge in [-0.3, -0.25) is 4.99 Å². The number of hydrogen-bond acceptors (Lipinski definition) is 7. The van der Waals surface area contributed by atoms with Crippen LogP contribution in [0.4, 0.5) is 4.79 Å². The van der Waals surface area contributed by atoms with Crippen molar-refractivity contribution in [3.63, 3.8) is 0 Å². The zero-order valence-electron chi connectivity index (χ0n) is 19.0. The van der Waals surface area contributed by atoms with Crippen LogP contribution in [0.2, 0.25) is 0 Å². The number of aliphatic imine (C=N–C) groups is 1. The highest BCUT2D eigenvalue weighted by Crippen LogP contribution is 2.18. The molecular formula is C23H36N4O4. The molecule has 8 heteroatoms. The smallest absolute Gasteiger partial charge is 0.410 e. The van der Waals surface area contributed by atoms with Crippen LogP contribution >= 0.6 is 0 Å². The van der Waals surface area contributed by atoms with Gasteiger partial charge in [-0.1, -0.05) is 30.3 Å². The van der Waals surface area contributed by atoms with E-state index in [1.165, 1.54) is 5.56 Å². The molecule has 1 N–H and O–H groups in total. The predicted molar refractivity (Wildman–Crippen MR) is 120 cm³/mol. The second-order valence-electron chi connectivity index (χ2n) is 8.87. The van der Waals surface area contributed by atoms with E-state index in [2.05, 4.69) is 27.3 Å². The van der Waals surface area contributed by atoms with Crippen LogP contribution in [0, 0.1) is 0 Å². The summed E-state index contributed by atoms with van der Waals surface area (Å²) < 4.78 is 16.8. The summed E-state index contributed by atoms with van der Waals surface area (Å²) in [6.45, 7) is 11.8. The van der Waals surface area contributed by atoms with Crippen molar-refractivity contribution >= 4 is 12.1 Å². The van der Waals surface area contributed by atoms with Crippen LogP contribution in [0.15, 0.2) is 35.3 Å². The number of ether oxygens (including phenoxy) is 3. The number of amides is 1. The van der Waals surface area contributed by atoms with E-state index >= 15 is 0 Å². The molecule has 1 aromatic rings. The first-order chi connectivity index (χ1) is 14.9. The summed E-state index contributed by atoms with van der Waals surface area (Å²) in [5, 5.41) is 3.42. The van der Waals surface area contributed by atoms with E-state index in [0.29, 0.717) is 46.1 Å². The van der Waals surface area contributed by atoms with Crippen LogP contribution in [0.25, 0.3) is 0 Å². The van der Waals surface area contributed by atoms with Crippen LogP contribution in [0.5, 0.6) is 0 Å². The molecule has 0 aromatic heterocycles. The number of nitrogens with one attached hydrogen (secondary N) is 1. The zero-order chi connectivity index (χ0) is 22.1. The average Bonchev–Trinajstić information content (AvgIpc) is 3.14. The molecule has 0 spiro atoms. The molecule has 1 aromatic carbocycles. The molecule has 3 rings (SSSR count). The lowest BCUT2D eigenvalue weighted by Gasteiger charge is -2.39. The fourth-order valence-electron chi connectivity index (χ4n) is 3.58. The van der Waals surface area contributed by atoms with Gasteiger partial charge in [0.1, 0.15) is 5.60 Å². The molecule has 172 valence electrons. The Kier molecular flexibility index (Phi) is 8.54. The Morgan fingerprint density at radius 3 is 2.68 bits per heavy atom. The molecule has 0 saturated carbocycles.